The molecule has 0 spiro atoms. The van der Waals surface area contributed by atoms with Crippen molar-refractivity contribution in [2.24, 2.45) is 5.92 Å². The number of ether oxygens (including phenoxy) is 5. The van der Waals surface area contributed by atoms with Crippen molar-refractivity contribution in [3.8, 4) is 11.6 Å². The molecular formula is C26H34FN3O6. The molecule has 2 atom stereocenters. The first-order valence-electron chi connectivity index (χ1n) is 12.2. The number of hydrogen-bond acceptors (Lipinski definition) is 8. The highest BCUT2D eigenvalue weighted by atomic mass is 19.1. The third kappa shape index (κ3) is 5.93. The van der Waals surface area contributed by atoms with E-state index in [1.165, 1.54) is 31.3 Å². The SMILES string of the molecule is COCO[C@@]1(Cc2cc(OC3CCC(C)CC3)ccn2)C(=O)N(COC)[C@H]1COc1ccc(F)cn1. The summed E-state index contributed by atoms with van der Waals surface area (Å²) in [4.78, 5) is 23.3. The molecule has 0 N–H and O–H groups in total. The Hall–Kier alpha value is -2.82. The quantitative estimate of drug-likeness (QED) is 0.322. The van der Waals surface area contributed by atoms with Crippen molar-refractivity contribution in [2.75, 3.05) is 34.4 Å². The van der Waals surface area contributed by atoms with Gasteiger partial charge in [-0.3, -0.25) is 9.78 Å². The number of halogens is 1. The van der Waals surface area contributed by atoms with Crippen LogP contribution >= 0.6 is 0 Å². The molecular weight excluding hydrogens is 469 g/mol. The Kier molecular flexibility index (Phi) is 8.71. The molecule has 2 aromatic heterocycles. The third-order valence-corrected chi connectivity index (χ3v) is 6.83. The molecule has 196 valence electrons. The predicted octanol–water partition coefficient (Wildman–Crippen LogP) is 3.37. The first kappa shape index (κ1) is 26.2. The number of methoxy groups -OCH3 is 2. The molecule has 36 heavy (non-hydrogen) atoms. The number of β-lactam (4-membered cyclic amide) rings is 1. The van der Waals surface area contributed by atoms with Gasteiger partial charge in [0.25, 0.3) is 5.91 Å². The Bertz CT molecular complexity index is 1000. The van der Waals surface area contributed by atoms with Crippen molar-refractivity contribution in [1.82, 2.24) is 14.9 Å². The topological polar surface area (TPSA) is 92.2 Å². The zero-order valence-corrected chi connectivity index (χ0v) is 21.0. The number of rotatable bonds is 12. The summed E-state index contributed by atoms with van der Waals surface area (Å²) in [6.07, 6.45) is 7.51. The van der Waals surface area contributed by atoms with Gasteiger partial charge in [0.05, 0.1) is 12.3 Å². The van der Waals surface area contributed by atoms with Crippen LogP contribution in [0.1, 0.15) is 38.3 Å². The van der Waals surface area contributed by atoms with E-state index in [1.54, 1.807) is 6.20 Å². The van der Waals surface area contributed by atoms with Gasteiger partial charge in [-0.05, 0) is 43.7 Å². The van der Waals surface area contributed by atoms with Crippen LogP contribution in [0.4, 0.5) is 4.39 Å². The monoisotopic (exact) mass is 503 g/mol. The molecule has 1 saturated heterocycles. The van der Waals surface area contributed by atoms with Gasteiger partial charge in [0, 0.05) is 44.7 Å². The molecule has 0 radical (unpaired) electrons. The summed E-state index contributed by atoms with van der Waals surface area (Å²) in [7, 11) is 3.01. The second kappa shape index (κ2) is 11.9. The van der Waals surface area contributed by atoms with Crippen LogP contribution in [-0.2, 0) is 25.4 Å². The van der Waals surface area contributed by atoms with E-state index in [1.807, 2.05) is 12.1 Å². The summed E-state index contributed by atoms with van der Waals surface area (Å²) in [5.41, 5.74) is -0.622. The van der Waals surface area contributed by atoms with E-state index in [4.69, 9.17) is 23.7 Å². The van der Waals surface area contributed by atoms with Crippen LogP contribution in [0.15, 0.2) is 36.7 Å². The number of pyridine rings is 2. The highest BCUT2D eigenvalue weighted by Crippen LogP contribution is 2.38. The molecule has 2 fully saturated rings. The number of amides is 1. The van der Waals surface area contributed by atoms with Gasteiger partial charge in [-0.15, -0.1) is 0 Å². The van der Waals surface area contributed by atoms with E-state index in [-0.39, 0.29) is 44.4 Å². The number of carbonyl (C=O) groups excluding carboxylic acids is 1. The molecule has 1 aliphatic carbocycles. The van der Waals surface area contributed by atoms with Gasteiger partial charge < -0.3 is 28.6 Å². The van der Waals surface area contributed by atoms with Gasteiger partial charge in [-0.25, -0.2) is 9.37 Å². The van der Waals surface area contributed by atoms with Crippen LogP contribution in [0.3, 0.4) is 0 Å². The Labute approximate surface area is 210 Å². The second-order valence-electron chi connectivity index (χ2n) is 9.43. The zero-order valence-electron chi connectivity index (χ0n) is 21.0. The van der Waals surface area contributed by atoms with Gasteiger partial charge in [0.1, 0.15) is 37.7 Å². The third-order valence-electron chi connectivity index (χ3n) is 6.83. The molecule has 0 bridgehead atoms. The van der Waals surface area contributed by atoms with Crippen LogP contribution in [0.2, 0.25) is 0 Å². The molecule has 2 aliphatic rings. The number of hydrogen-bond donors (Lipinski definition) is 0. The van der Waals surface area contributed by atoms with Gasteiger partial charge in [0.15, 0.2) is 5.60 Å². The minimum atomic E-state index is -1.28. The van der Waals surface area contributed by atoms with Crippen LogP contribution in [0, 0.1) is 11.7 Å². The lowest BCUT2D eigenvalue weighted by Crippen LogP contribution is -2.77. The Morgan fingerprint density at radius 1 is 1.11 bits per heavy atom. The van der Waals surface area contributed by atoms with E-state index in [0.29, 0.717) is 5.69 Å². The minimum Gasteiger partial charge on any atom is -0.490 e. The molecule has 1 saturated carbocycles. The van der Waals surface area contributed by atoms with Crippen LogP contribution < -0.4 is 9.47 Å². The van der Waals surface area contributed by atoms with E-state index in [0.717, 1.165) is 43.5 Å². The average Bonchev–Trinajstić information content (AvgIpc) is 2.88. The van der Waals surface area contributed by atoms with Crippen molar-refractivity contribution in [1.29, 1.82) is 0 Å². The highest BCUT2D eigenvalue weighted by molar-refractivity contribution is 5.93. The maximum Gasteiger partial charge on any atom is 0.259 e. The second-order valence-corrected chi connectivity index (χ2v) is 9.43. The van der Waals surface area contributed by atoms with Crippen molar-refractivity contribution < 1.29 is 32.9 Å². The number of aromatic nitrogens is 2. The normalized spacial score (nSPS) is 25.9. The number of likely N-dealkylation sites (tertiary alicyclic amines) is 1. The maximum atomic E-state index is 13.4. The summed E-state index contributed by atoms with van der Waals surface area (Å²) < 4.78 is 41.7. The van der Waals surface area contributed by atoms with E-state index < -0.39 is 17.5 Å². The number of carbonyl (C=O) groups is 1. The molecule has 2 aromatic rings. The molecule has 9 nitrogen and oxygen atoms in total. The van der Waals surface area contributed by atoms with Crippen LogP contribution in [0.5, 0.6) is 11.6 Å². The summed E-state index contributed by atoms with van der Waals surface area (Å²) in [6.45, 7) is 2.32. The van der Waals surface area contributed by atoms with Gasteiger partial charge in [-0.2, -0.15) is 0 Å². The fourth-order valence-corrected chi connectivity index (χ4v) is 4.84. The van der Waals surface area contributed by atoms with Crippen LogP contribution in [0.25, 0.3) is 0 Å². The molecule has 0 unspecified atom stereocenters. The minimum absolute atomic E-state index is 0.0634. The lowest BCUT2D eigenvalue weighted by atomic mass is 9.78. The lowest BCUT2D eigenvalue weighted by Gasteiger charge is -2.54. The van der Waals surface area contributed by atoms with Crippen molar-refractivity contribution in [2.45, 2.75) is 56.8 Å². The first-order valence-corrected chi connectivity index (χ1v) is 12.2. The molecule has 3 heterocycles. The summed E-state index contributed by atoms with van der Waals surface area (Å²) in [6, 6.07) is 5.88. The van der Waals surface area contributed by atoms with Gasteiger partial charge in [0.2, 0.25) is 5.88 Å². The summed E-state index contributed by atoms with van der Waals surface area (Å²) in [5.74, 6) is 0.987. The molecule has 1 amide bonds. The molecule has 4 rings (SSSR count). The maximum absolute atomic E-state index is 13.4. The summed E-state index contributed by atoms with van der Waals surface area (Å²) >= 11 is 0. The Morgan fingerprint density at radius 3 is 2.61 bits per heavy atom. The average molecular weight is 504 g/mol. The van der Waals surface area contributed by atoms with Crippen molar-refractivity contribution >= 4 is 5.91 Å². The Morgan fingerprint density at radius 2 is 1.92 bits per heavy atom. The zero-order chi connectivity index (χ0) is 25.5. The van der Waals surface area contributed by atoms with Crippen molar-refractivity contribution in [3.63, 3.8) is 0 Å². The van der Waals surface area contributed by atoms with Gasteiger partial charge in [-0.1, -0.05) is 6.92 Å². The number of nitrogens with zero attached hydrogens (tertiary/aromatic N) is 3. The lowest BCUT2D eigenvalue weighted by molar-refractivity contribution is -0.236. The van der Waals surface area contributed by atoms with E-state index >= 15 is 0 Å². The Balaban J connectivity index is 1.52. The largest absolute Gasteiger partial charge is 0.490 e. The fourth-order valence-electron chi connectivity index (χ4n) is 4.84. The fraction of sp³-hybridized carbons (Fsp3) is 0.577. The van der Waals surface area contributed by atoms with E-state index in [9.17, 15) is 9.18 Å². The molecule has 1 aliphatic heterocycles. The smallest absolute Gasteiger partial charge is 0.259 e. The molecule has 10 heteroatoms. The predicted molar refractivity (Wildman–Crippen MR) is 128 cm³/mol. The molecule has 0 aromatic carbocycles. The van der Waals surface area contributed by atoms with Crippen molar-refractivity contribution in [3.05, 3.63) is 48.2 Å². The van der Waals surface area contributed by atoms with E-state index in [2.05, 4.69) is 16.9 Å². The van der Waals surface area contributed by atoms with Crippen LogP contribution in [-0.4, -0.2) is 72.9 Å². The standard InChI is InChI=1S/C26H34FN3O6/c1-18-4-7-21(8-5-18)36-22-10-11-28-20(12-22)13-26(35-17-33-3)23(30(16-32-2)25(26)31)15-34-24-9-6-19(27)14-29-24/h6,9-12,14,18,21,23H,4-5,7-8,13,15-17H2,1-3H3/t18?,21?,23-,26+/m0/s1. The first-order chi connectivity index (χ1) is 17.4. The van der Waals surface area contributed by atoms with Gasteiger partial charge >= 0.3 is 0 Å². The summed E-state index contributed by atoms with van der Waals surface area (Å²) in [5, 5.41) is 0. The highest BCUT2D eigenvalue weighted by Gasteiger charge is 2.62.